The Labute approximate surface area is 47.9 Å². The van der Waals surface area contributed by atoms with E-state index in [1.807, 2.05) is 0 Å². The van der Waals surface area contributed by atoms with Crippen molar-refractivity contribution in [2.45, 2.75) is 25.9 Å². The van der Waals surface area contributed by atoms with Crippen molar-refractivity contribution in [2.75, 3.05) is 0 Å². The molecule has 4 unspecified atom stereocenters. The van der Waals surface area contributed by atoms with Gasteiger partial charge in [-0.05, 0) is 23.9 Å². The van der Waals surface area contributed by atoms with Crippen LogP contribution in [0.4, 0.5) is 0 Å². The van der Waals surface area contributed by atoms with E-state index in [0.29, 0.717) is 0 Å². The molecule has 1 aliphatic carbocycles. The maximum atomic E-state index is 2.86. The molecule has 0 aromatic carbocycles. The second-order valence-corrected chi connectivity index (χ2v) is 3.79. The normalized spacial score (nSPS) is 43.3. The maximum absolute atomic E-state index is 2.86. The zero-order valence-corrected chi connectivity index (χ0v) is 6.17. The van der Waals surface area contributed by atoms with Crippen LogP contribution in [0, 0.1) is 11.8 Å². The highest BCUT2D eigenvalue weighted by atomic mass is 31.0. The smallest absolute Gasteiger partial charge is 0.0262 e. The van der Waals surface area contributed by atoms with Gasteiger partial charge in [0.15, 0.2) is 0 Å². The monoisotopic (exact) mass is 116 g/mol. The zero-order chi connectivity index (χ0) is 5.44. The molecule has 7 heavy (non-hydrogen) atoms. The van der Waals surface area contributed by atoms with Gasteiger partial charge in [-0.15, -0.1) is 9.24 Å². The third-order valence-corrected chi connectivity index (χ3v) is 2.34. The van der Waals surface area contributed by atoms with Crippen LogP contribution in [0.5, 0.6) is 0 Å². The van der Waals surface area contributed by atoms with E-state index in [2.05, 4.69) is 23.1 Å². The molecule has 0 spiro atoms. The van der Waals surface area contributed by atoms with Crippen molar-refractivity contribution in [2.24, 2.45) is 11.8 Å². The van der Waals surface area contributed by atoms with Gasteiger partial charge >= 0.3 is 0 Å². The van der Waals surface area contributed by atoms with Crippen LogP contribution in [0.15, 0.2) is 0 Å². The minimum absolute atomic E-state index is 0.856. The second-order valence-electron chi connectivity index (χ2n) is 2.74. The summed E-state index contributed by atoms with van der Waals surface area (Å²) in [6.07, 6.45) is 1.46. The first-order valence-corrected chi connectivity index (χ1v) is 3.64. The Morgan fingerprint density at radius 3 is 2.14 bits per heavy atom. The van der Waals surface area contributed by atoms with Gasteiger partial charge in [0.1, 0.15) is 0 Å². The zero-order valence-electron chi connectivity index (χ0n) is 5.02. The van der Waals surface area contributed by atoms with Gasteiger partial charge in [-0.2, -0.15) is 0 Å². The average molecular weight is 116 g/mol. The summed E-state index contributed by atoms with van der Waals surface area (Å²) in [6, 6.07) is 0. The summed E-state index contributed by atoms with van der Waals surface area (Å²) in [6.45, 7) is 4.60. The molecule has 0 radical (unpaired) electrons. The van der Waals surface area contributed by atoms with Crippen molar-refractivity contribution in [3.05, 3.63) is 0 Å². The molecule has 0 aromatic rings. The molecule has 1 rings (SSSR count). The lowest BCUT2D eigenvalue weighted by atomic mass is 10.3. The van der Waals surface area contributed by atoms with Crippen LogP contribution in [-0.4, -0.2) is 5.66 Å². The van der Waals surface area contributed by atoms with Gasteiger partial charge in [0.25, 0.3) is 0 Å². The topological polar surface area (TPSA) is 0 Å². The third-order valence-electron chi connectivity index (χ3n) is 1.85. The predicted octanol–water partition coefficient (Wildman–Crippen LogP) is 1.91. The lowest BCUT2D eigenvalue weighted by molar-refractivity contribution is 0.740. The second kappa shape index (κ2) is 1.74. The standard InChI is InChI=1S/C6H13P/c1-4-3-6(4)5(2)7/h4-6H,3,7H2,1-2H3. The fraction of sp³-hybridized carbons (Fsp3) is 1.00. The summed E-state index contributed by atoms with van der Waals surface area (Å²) in [7, 11) is 2.86. The third kappa shape index (κ3) is 1.16. The molecule has 1 heteroatoms. The number of rotatable bonds is 1. The van der Waals surface area contributed by atoms with Crippen LogP contribution in [0.2, 0.25) is 0 Å². The van der Waals surface area contributed by atoms with E-state index in [1.54, 1.807) is 0 Å². The van der Waals surface area contributed by atoms with Gasteiger partial charge in [-0.1, -0.05) is 13.8 Å². The Hall–Kier alpha value is 0.430. The maximum Gasteiger partial charge on any atom is -0.0262 e. The first-order chi connectivity index (χ1) is 3.22. The highest BCUT2D eigenvalue weighted by Gasteiger charge is 2.34. The molecule has 1 saturated carbocycles. The average Bonchev–Trinajstić information content (AvgIpc) is 2.17. The van der Waals surface area contributed by atoms with Crippen LogP contribution >= 0.6 is 9.24 Å². The summed E-state index contributed by atoms with van der Waals surface area (Å²) < 4.78 is 0. The Kier molecular flexibility index (Phi) is 1.39. The first-order valence-electron chi connectivity index (χ1n) is 2.97. The number of hydrogen-bond donors (Lipinski definition) is 0. The molecular weight excluding hydrogens is 103 g/mol. The Morgan fingerprint density at radius 1 is 1.71 bits per heavy atom. The molecule has 0 amide bonds. The molecule has 0 heterocycles. The molecule has 0 nitrogen and oxygen atoms in total. The fourth-order valence-electron chi connectivity index (χ4n) is 1.08. The van der Waals surface area contributed by atoms with E-state index < -0.39 is 0 Å². The highest BCUT2D eigenvalue weighted by Crippen LogP contribution is 2.43. The van der Waals surface area contributed by atoms with Gasteiger partial charge < -0.3 is 0 Å². The van der Waals surface area contributed by atoms with Gasteiger partial charge in [-0.3, -0.25) is 0 Å². The van der Waals surface area contributed by atoms with E-state index in [4.69, 9.17) is 0 Å². The van der Waals surface area contributed by atoms with Gasteiger partial charge in [0.2, 0.25) is 0 Å². The van der Waals surface area contributed by atoms with E-state index in [-0.39, 0.29) is 0 Å². The van der Waals surface area contributed by atoms with Crippen LogP contribution < -0.4 is 0 Å². The predicted molar refractivity (Wildman–Crippen MR) is 36.4 cm³/mol. The van der Waals surface area contributed by atoms with Crippen molar-refractivity contribution in [3.63, 3.8) is 0 Å². The summed E-state index contributed by atoms with van der Waals surface area (Å²) in [4.78, 5) is 0. The molecule has 0 aliphatic heterocycles. The van der Waals surface area contributed by atoms with Gasteiger partial charge in [0, 0.05) is 0 Å². The first kappa shape index (κ1) is 5.56. The molecule has 0 aromatic heterocycles. The van der Waals surface area contributed by atoms with Crippen molar-refractivity contribution >= 4 is 9.24 Å². The largest absolute Gasteiger partial charge is 0.134 e. The lowest BCUT2D eigenvalue weighted by Crippen LogP contribution is -1.92. The molecule has 1 fully saturated rings. The van der Waals surface area contributed by atoms with Crippen molar-refractivity contribution < 1.29 is 0 Å². The summed E-state index contributed by atoms with van der Waals surface area (Å²) in [5, 5.41) is 0. The molecule has 0 N–H and O–H groups in total. The molecule has 0 saturated heterocycles. The Bertz CT molecular complexity index is 68.6. The summed E-state index contributed by atoms with van der Waals surface area (Å²) >= 11 is 0. The van der Waals surface area contributed by atoms with E-state index >= 15 is 0 Å². The number of hydrogen-bond acceptors (Lipinski definition) is 0. The molecule has 1 aliphatic rings. The van der Waals surface area contributed by atoms with E-state index in [0.717, 1.165) is 17.5 Å². The van der Waals surface area contributed by atoms with Crippen LogP contribution in [0.25, 0.3) is 0 Å². The van der Waals surface area contributed by atoms with Gasteiger partial charge in [0.05, 0.1) is 0 Å². The van der Waals surface area contributed by atoms with Crippen LogP contribution in [0.3, 0.4) is 0 Å². The van der Waals surface area contributed by atoms with E-state index in [1.165, 1.54) is 6.42 Å². The van der Waals surface area contributed by atoms with Crippen molar-refractivity contribution in [3.8, 4) is 0 Å². The van der Waals surface area contributed by atoms with Crippen molar-refractivity contribution in [1.82, 2.24) is 0 Å². The minimum atomic E-state index is 0.856. The fourth-order valence-corrected chi connectivity index (χ4v) is 1.62. The molecule has 4 atom stereocenters. The van der Waals surface area contributed by atoms with Crippen molar-refractivity contribution in [1.29, 1.82) is 0 Å². The minimum Gasteiger partial charge on any atom is -0.134 e. The SMILES string of the molecule is CC(P)C1CC1C. The molecular formula is C6H13P. The molecule has 42 valence electrons. The van der Waals surface area contributed by atoms with Crippen LogP contribution in [-0.2, 0) is 0 Å². The Morgan fingerprint density at radius 2 is 2.14 bits per heavy atom. The van der Waals surface area contributed by atoms with E-state index in [9.17, 15) is 0 Å². The van der Waals surface area contributed by atoms with Crippen LogP contribution in [0.1, 0.15) is 20.3 Å². The quantitative estimate of drug-likeness (QED) is 0.459. The summed E-state index contributed by atoms with van der Waals surface area (Å²) in [5.41, 5.74) is 0.856. The Balaban J connectivity index is 2.20. The van der Waals surface area contributed by atoms with Gasteiger partial charge in [-0.25, -0.2) is 0 Å². The lowest BCUT2D eigenvalue weighted by Gasteiger charge is -1.96. The summed E-state index contributed by atoms with van der Waals surface area (Å²) in [5.74, 6) is 2.05. The molecule has 0 bridgehead atoms. The highest BCUT2D eigenvalue weighted by molar-refractivity contribution is 7.17.